The molecule has 0 nitrogen and oxygen atoms in total. The summed E-state index contributed by atoms with van der Waals surface area (Å²) in [5.41, 5.74) is 1.12. The molecule has 1 aliphatic rings. The van der Waals surface area contributed by atoms with E-state index >= 15 is 0 Å². The van der Waals surface area contributed by atoms with Crippen molar-refractivity contribution in [2.45, 2.75) is 124 Å². The maximum absolute atomic E-state index is 2.49. The van der Waals surface area contributed by atoms with Crippen LogP contribution in [0.25, 0.3) is 0 Å². The van der Waals surface area contributed by atoms with Crippen LogP contribution in [0.1, 0.15) is 124 Å². The van der Waals surface area contributed by atoms with Crippen LogP contribution in [0, 0.1) is 10.8 Å². The monoisotopic (exact) mass is 320 g/mol. The summed E-state index contributed by atoms with van der Waals surface area (Å²) < 4.78 is 0. The highest BCUT2D eigenvalue weighted by Gasteiger charge is 2.18. The highest BCUT2D eigenvalue weighted by atomic mass is 14.2. The fourth-order valence-electron chi connectivity index (χ4n) is 3.96. The molecule has 0 aliphatic heterocycles. The van der Waals surface area contributed by atoms with Crippen molar-refractivity contribution in [3.05, 3.63) is 12.2 Å². The van der Waals surface area contributed by atoms with Crippen LogP contribution in [0.15, 0.2) is 12.2 Å². The molecule has 1 aliphatic carbocycles. The first-order chi connectivity index (χ1) is 10.9. The Morgan fingerprint density at radius 1 is 0.435 bits per heavy atom. The topological polar surface area (TPSA) is 0 Å². The molecule has 0 spiro atoms. The van der Waals surface area contributed by atoms with Gasteiger partial charge in [0.25, 0.3) is 0 Å². The highest BCUT2D eigenvalue weighted by molar-refractivity contribution is 4.82. The first-order valence-corrected chi connectivity index (χ1v) is 10.6. The SMILES string of the molecule is CC1(C)CCCC=CCCCCCCC(C)(C)CCCCCC1. The fourth-order valence-corrected chi connectivity index (χ4v) is 3.96. The van der Waals surface area contributed by atoms with Crippen LogP contribution in [-0.2, 0) is 0 Å². The minimum Gasteiger partial charge on any atom is -0.0885 e. The van der Waals surface area contributed by atoms with E-state index in [1.165, 1.54) is 96.3 Å². The maximum Gasteiger partial charge on any atom is -0.0351 e. The molecular formula is C23H44. The van der Waals surface area contributed by atoms with Gasteiger partial charge in [-0.2, -0.15) is 0 Å². The van der Waals surface area contributed by atoms with E-state index in [1.807, 2.05) is 0 Å². The van der Waals surface area contributed by atoms with Gasteiger partial charge in [0.05, 0.1) is 0 Å². The van der Waals surface area contributed by atoms with E-state index in [0.717, 1.165) is 0 Å². The second-order valence-electron chi connectivity index (χ2n) is 9.56. The molecule has 0 heteroatoms. The summed E-state index contributed by atoms with van der Waals surface area (Å²) in [7, 11) is 0. The van der Waals surface area contributed by atoms with Gasteiger partial charge < -0.3 is 0 Å². The summed E-state index contributed by atoms with van der Waals surface area (Å²) in [5, 5.41) is 0. The molecular weight excluding hydrogens is 276 g/mol. The number of hydrogen-bond acceptors (Lipinski definition) is 0. The predicted molar refractivity (Wildman–Crippen MR) is 106 cm³/mol. The molecule has 23 heavy (non-hydrogen) atoms. The van der Waals surface area contributed by atoms with Crippen molar-refractivity contribution >= 4 is 0 Å². The van der Waals surface area contributed by atoms with Gasteiger partial charge >= 0.3 is 0 Å². The zero-order valence-electron chi connectivity index (χ0n) is 16.8. The Morgan fingerprint density at radius 2 is 0.783 bits per heavy atom. The van der Waals surface area contributed by atoms with Crippen LogP contribution in [0.2, 0.25) is 0 Å². The van der Waals surface area contributed by atoms with E-state index in [0.29, 0.717) is 10.8 Å². The molecule has 136 valence electrons. The molecule has 0 aromatic rings. The van der Waals surface area contributed by atoms with E-state index in [9.17, 15) is 0 Å². The van der Waals surface area contributed by atoms with E-state index in [-0.39, 0.29) is 0 Å². The Balaban J connectivity index is 2.38. The molecule has 0 fully saturated rings. The van der Waals surface area contributed by atoms with Crippen molar-refractivity contribution in [1.29, 1.82) is 0 Å². The maximum atomic E-state index is 2.49. The average molecular weight is 321 g/mol. The van der Waals surface area contributed by atoms with Gasteiger partial charge in [-0.3, -0.25) is 0 Å². The molecule has 0 saturated carbocycles. The van der Waals surface area contributed by atoms with Crippen molar-refractivity contribution in [3.63, 3.8) is 0 Å². The van der Waals surface area contributed by atoms with Gasteiger partial charge in [0.1, 0.15) is 0 Å². The van der Waals surface area contributed by atoms with Crippen LogP contribution in [-0.4, -0.2) is 0 Å². The van der Waals surface area contributed by atoms with Crippen molar-refractivity contribution in [3.8, 4) is 0 Å². The first kappa shape index (κ1) is 20.8. The minimum atomic E-state index is 0.552. The molecule has 0 N–H and O–H groups in total. The lowest BCUT2D eigenvalue weighted by Crippen LogP contribution is -2.12. The summed E-state index contributed by atoms with van der Waals surface area (Å²) in [6.45, 7) is 9.92. The Hall–Kier alpha value is -0.260. The van der Waals surface area contributed by atoms with Gasteiger partial charge in [-0.05, 0) is 62.2 Å². The third-order valence-corrected chi connectivity index (χ3v) is 5.82. The van der Waals surface area contributed by atoms with Gasteiger partial charge in [0, 0.05) is 0 Å². The Kier molecular flexibility index (Phi) is 10.2. The van der Waals surface area contributed by atoms with E-state index in [1.54, 1.807) is 0 Å². The van der Waals surface area contributed by atoms with Crippen molar-refractivity contribution in [1.82, 2.24) is 0 Å². The lowest BCUT2D eigenvalue weighted by Gasteiger charge is -2.25. The second kappa shape index (κ2) is 11.3. The number of rotatable bonds is 0. The second-order valence-corrected chi connectivity index (χ2v) is 9.56. The molecule has 0 aromatic carbocycles. The quantitative estimate of drug-likeness (QED) is 0.393. The lowest BCUT2D eigenvalue weighted by molar-refractivity contribution is 0.271. The molecule has 0 unspecified atom stereocenters. The number of hydrogen-bond donors (Lipinski definition) is 0. The van der Waals surface area contributed by atoms with Crippen LogP contribution in [0.3, 0.4) is 0 Å². The van der Waals surface area contributed by atoms with Gasteiger partial charge in [0.2, 0.25) is 0 Å². The van der Waals surface area contributed by atoms with Crippen molar-refractivity contribution in [2.24, 2.45) is 10.8 Å². The van der Waals surface area contributed by atoms with Gasteiger partial charge in [-0.15, -0.1) is 0 Å². The number of allylic oxidation sites excluding steroid dienone is 2. The highest BCUT2D eigenvalue weighted by Crippen LogP contribution is 2.32. The summed E-state index contributed by atoms with van der Waals surface area (Å²) in [6.07, 6.45) is 26.0. The average Bonchev–Trinajstić information content (AvgIpc) is 2.47. The molecule has 1 rings (SSSR count). The zero-order valence-corrected chi connectivity index (χ0v) is 16.8. The molecule has 0 heterocycles. The molecule has 0 bridgehead atoms. The third kappa shape index (κ3) is 11.8. The fraction of sp³-hybridized carbons (Fsp3) is 0.913. The third-order valence-electron chi connectivity index (χ3n) is 5.82. The van der Waals surface area contributed by atoms with Gasteiger partial charge in [-0.1, -0.05) is 84.8 Å². The van der Waals surface area contributed by atoms with Crippen LogP contribution in [0.5, 0.6) is 0 Å². The predicted octanol–water partition coefficient (Wildman–Crippen LogP) is 8.46. The first-order valence-electron chi connectivity index (χ1n) is 10.6. The molecule has 0 aromatic heterocycles. The van der Waals surface area contributed by atoms with E-state index in [4.69, 9.17) is 0 Å². The molecule has 0 atom stereocenters. The largest absolute Gasteiger partial charge is 0.0885 e. The summed E-state index contributed by atoms with van der Waals surface area (Å²) in [5.74, 6) is 0. The molecule has 0 amide bonds. The standard InChI is InChI=1S/C23H44/c1-22(2)18-14-10-8-6-5-7-9-11-15-19-23(3,4)21-17-13-12-16-20-22/h6,8H,5,7,9-21H2,1-4H3. The lowest BCUT2D eigenvalue weighted by atomic mass is 9.80. The summed E-state index contributed by atoms with van der Waals surface area (Å²) >= 11 is 0. The Morgan fingerprint density at radius 3 is 1.26 bits per heavy atom. The molecule has 0 radical (unpaired) electrons. The van der Waals surface area contributed by atoms with Crippen molar-refractivity contribution < 1.29 is 0 Å². The Bertz CT molecular complexity index is 308. The van der Waals surface area contributed by atoms with Crippen molar-refractivity contribution in [2.75, 3.05) is 0 Å². The summed E-state index contributed by atoms with van der Waals surface area (Å²) in [4.78, 5) is 0. The van der Waals surface area contributed by atoms with Gasteiger partial charge in [0.15, 0.2) is 0 Å². The minimum absolute atomic E-state index is 0.552. The zero-order chi connectivity index (χ0) is 17.0. The van der Waals surface area contributed by atoms with Crippen LogP contribution >= 0.6 is 0 Å². The summed E-state index contributed by atoms with van der Waals surface area (Å²) in [6, 6.07) is 0. The molecule has 0 saturated heterocycles. The Labute approximate surface area is 147 Å². The van der Waals surface area contributed by atoms with E-state index in [2.05, 4.69) is 39.8 Å². The van der Waals surface area contributed by atoms with Gasteiger partial charge in [-0.25, -0.2) is 0 Å². The smallest absolute Gasteiger partial charge is 0.0351 e. The van der Waals surface area contributed by atoms with Crippen LogP contribution < -0.4 is 0 Å². The normalized spacial score (nSPS) is 25.9. The van der Waals surface area contributed by atoms with Crippen LogP contribution in [0.4, 0.5) is 0 Å². The van der Waals surface area contributed by atoms with E-state index < -0.39 is 0 Å².